The number of amides is 1. The lowest BCUT2D eigenvalue weighted by molar-refractivity contribution is -0.129. The van der Waals surface area contributed by atoms with Crippen LogP contribution in [0.5, 0.6) is 0 Å². The standard InChI is InChI=1S/C13H18ClNO2/c1-13(2,9-14)12(17)15-11(8-16)10-6-4-3-5-7-10/h3-7,11,16H,8-9H2,1-2H3,(H,15,17)/t11-/m1/s1. The van der Waals surface area contributed by atoms with Crippen molar-refractivity contribution in [3.05, 3.63) is 35.9 Å². The molecule has 0 fully saturated rings. The largest absolute Gasteiger partial charge is 0.394 e. The van der Waals surface area contributed by atoms with Gasteiger partial charge in [-0.2, -0.15) is 0 Å². The Morgan fingerprint density at radius 2 is 2.00 bits per heavy atom. The van der Waals surface area contributed by atoms with Crippen LogP contribution < -0.4 is 5.32 Å². The molecule has 0 bridgehead atoms. The van der Waals surface area contributed by atoms with Crippen molar-refractivity contribution in [2.24, 2.45) is 5.41 Å². The lowest BCUT2D eigenvalue weighted by atomic mass is 9.94. The van der Waals surface area contributed by atoms with Crippen LogP contribution in [0.2, 0.25) is 0 Å². The minimum atomic E-state index is -0.635. The van der Waals surface area contributed by atoms with Gasteiger partial charge in [0.05, 0.1) is 18.1 Å². The molecule has 0 heterocycles. The van der Waals surface area contributed by atoms with Gasteiger partial charge < -0.3 is 10.4 Å². The molecule has 0 aliphatic heterocycles. The average Bonchev–Trinajstić information content (AvgIpc) is 2.36. The fourth-order valence-corrected chi connectivity index (χ4v) is 1.46. The molecule has 1 aromatic rings. The average molecular weight is 256 g/mol. The first-order valence-corrected chi connectivity index (χ1v) is 6.07. The molecule has 1 rings (SSSR count). The second-order valence-corrected chi connectivity index (χ2v) is 4.90. The summed E-state index contributed by atoms with van der Waals surface area (Å²) in [6, 6.07) is 8.99. The van der Waals surface area contributed by atoms with E-state index in [1.807, 2.05) is 30.3 Å². The van der Waals surface area contributed by atoms with E-state index in [0.717, 1.165) is 5.56 Å². The summed E-state index contributed by atoms with van der Waals surface area (Å²) in [4.78, 5) is 11.9. The molecule has 3 nitrogen and oxygen atoms in total. The minimum Gasteiger partial charge on any atom is -0.394 e. The third kappa shape index (κ3) is 3.72. The number of alkyl halides is 1. The van der Waals surface area contributed by atoms with Crippen LogP contribution in [0, 0.1) is 5.41 Å². The second kappa shape index (κ2) is 6.03. The Balaban J connectivity index is 2.75. The number of benzene rings is 1. The second-order valence-electron chi connectivity index (χ2n) is 4.64. The van der Waals surface area contributed by atoms with Crippen molar-refractivity contribution >= 4 is 17.5 Å². The van der Waals surface area contributed by atoms with Gasteiger partial charge in [-0.3, -0.25) is 4.79 Å². The monoisotopic (exact) mass is 255 g/mol. The van der Waals surface area contributed by atoms with Crippen LogP contribution in [0.3, 0.4) is 0 Å². The van der Waals surface area contributed by atoms with E-state index in [1.54, 1.807) is 13.8 Å². The van der Waals surface area contributed by atoms with Gasteiger partial charge in [-0.15, -0.1) is 11.6 Å². The molecule has 0 aliphatic rings. The highest BCUT2D eigenvalue weighted by Gasteiger charge is 2.28. The van der Waals surface area contributed by atoms with Gasteiger partial charge in [-0.1, -0.05) is 30.3 Å². The van der Waals surface area contributed by atoms with Gasteiger partial charge in [-0.05, 0) is 19.4 Å². The number of halogens is 1. The molecule has 0 unspecified atom stereocenters. The van der Waals surface area contributed by atoms with Crippen LogP contribution >= 0.6 is 11.6 Å². The Kier molecular flexibility index (Phi) is 4.97. The quantitative estimate of drug-likeness (QED) is 0.792. The molecule has 2 N–H and O–H groups in total. The molecular formula is C13H18ClNO2. The number of aliphatic hydroxyl groups is 1. The molecule has 94 valence electrons. The number of nitrogens with one attached hydrogen (secondary N) is 1. The maximum Gasteiger partial charge on any atom is 0.227 e. The maximum atomic E-state index is 11.9. The van der Waals surface area contributed by atoms with Crippen LogP contribution in [0.1, 0.15) is 25.5 Å². The van der Waals surface area contributed by atoms with E-state index in [2.05, 4.69) is 5.32 Å². The topological polar surface area (TPSA) is 49.3 Å². The number of carbonyl (C=O) groups is 1. The van der Waals surface area contributed by atoms with E-state index in [0.29, 0.717) is 0 Å². The number of carbonyl (C=O) groups excluding carboxylic acids is 1. The summed E-state index contributed by atoms with van der Waals surface area (Å²) in [7, 11) is 0. The SMILES string of the molecule is CC(C)(CCl)C(=O)N[C@H](CO)c1ccccc1. The molecule has 0 saturated carbocycles. The summed E-state index contributed by atoms with van der Waals surface area (Å²) < 4.78 is 0. The third-order valence-corrected chi connectivity index (χ3v) is 3.31. The highest BCUT2D eigenvalue weighted by Crippen LogP contribution is 2.20. The molecule has 0 aliphatic carbocycles. The summed E-state index contributed by atoms with van der Waals surface area (Å²) in [5.74, 6) is 0.0848. The van der Waals surface area contributed by atoms with E-state index >= 15 is 0 Å². The zero-order valence-electron chi connectivity index (χ0n) is 10.1. The van der Waals surface area contributed by atoms with Gasteiger partial charge in [0.1, 0.15) is 0 Å². The molecule has 0 spiro atoms. The smallest absolute Gasteiger partial charge is 0.227 e. The van der Waals surface area contributed by atoms with Crippen molar-refractivity contribution in [3.63, 3.8) is 0 Å². The fraction of sp³-hybridized carbons (Fsp3) is 0.462. The molecule has 0 aromatic heterocycles. The minimum absolute atomic E-state index is 0.131. The van der Waals surface area contributed by atoms with Crippen molar-refractivity contribution in [1.29, 1.82) is 0 Å². The lowest BCUT2D eigenvalue weighted by Gasteiger charge is -2.24. The predicted molar refractivity (Wildman–Crippen MR) is 68.9 cm³/mol. The highest BCUT2D eigenvalue weighted by atomic mass is 35.5. The van der Waals surface area contributed by atoms with Crippen LogP contribution in [-0.4, -0.2) is 23.5 Å². The number of rotatable bonds is 5. The summed E-state index contributed by atoms with van der Waals surface area (Å²) in [5.41, 5.74) is 0.248. The predicted octanol–water partition coefficient (Wildman–Crippen LogP) is 2.10. The first-order chi connectivity index (χ1) is 8.01. The van der Waals surface area contributed by atoms with Gasteiger partial charge in [0, 0.05) is 5.88 Å². The van der Waals surface area contributed by atoms with Gasteiger partial charge in [0.25, 0.3) is 0 Å². The van der Waals surface area contributed by atoms with E-state index in [9.17, 15) is 9.90 Å². The Morgan fingerprint density at radius 3 is 2.47 bits per heavy atom. The molecule has 4 heteroatoms. The van der Waals surface area contributed by atoms with Crippen LogP contribution in [-0.2, 0) is 4.79 Å². The number of aliphatic hydroxyl groups excluding tert-OH is 1. The third-order valence-electron chi connectivity index (χ3n) is 2.64. The Bertz CT molecular complexity index is 365. The van der Waals surface area contributed by atoms with Crippen molar-refractivity contribution in [1.82, 2.24) is 5.32 Å². The normalized spacial score (nSPS) is 13.2. The van der Waals surface area contributed by atoms with Gasteiger partial charge >= 0.3 is 0 Å². The van der Waals surface area contributed by atoms with Crippen LogP contribution in [0.15, 0.2) is 30.3 Å². The first kappa shape index (κ1) is 14.0. The first-order valence-electron chi connectivity index (χ1n) is 5.54. The summed E-state index contributed by atoms with van der Waals surface area (Å²) >= 11 is 5.74. The molecule has 17 heavy (non-hydrogen) atoms. The molecule has 1 atom stereocenters. The highest BCUT2D eigenvalue weighted by molar-refractivity contribution is 6.19. The zero-order valence-corrected chi connectivity index (χ0v) is 10.9. The Hall–Kier alpha value is -1.06. The van der Waals surface area contributed by atoms with E-state index in [-0.39, 0.29) is 24.4 Å². The molecule has 0 radical (unpaired) electrons. The number of hydrogen-bond acceptors (Lipinski definition) is 2. The lowest BCUT2D eigenvalue weighted by Crippen LogP contribution is -2.41. The van der Waals surface area contributed by atoms with Gasteiger partial charge in [0.15, 0.2) is 0 Å². The maximum absolute atomic E-state index is 11.9. The van der Waals surface area contributed by atoms with Crippen molar-refractivity contribution in [2.75, 3.05) is 12.5 Å². The van der Waals surface area contributed by atoms with E-state index in [1.165, 1.54) is 0 Å². The van der Waals surface area contributed by atoms with Gasteiger partial charge in [0.2, 0.25) is 5.91 Å². The van der Waals surface area contributed by atoms with E-state index in [4.69, 9.17) is 11.6 Å². The van der Waals surface area contributed by atoms with Crippen LogP contribution in [0.25, 0.3) is 0 Å². The molecule has 0 saturated heterocycles. The summed E-state index contributed by atoms with van der Waals surface area (Å²) in [6.45, 7) is 3.41. The van der Waals surface area contributed by atoms with E-state index < -0.39 is 5.41 Å². The molecular weight excluding hydrogens is 238 g/mol. The van der Waals surface area contributed by atoms with Gasteiger partial charge in [-0.25, -0.2) is 0 Å². The van der Waals surface area contributed by atoms with Crippen LogP contribution in [0.4, 0.5) is 0 Å². The molecule has 1 amide bonds. The fourth-order valence-electron chi connectivity index (χ4n) is 1.33. The van der Waals surface area contributed by atoms with Crippen molar-refractivity contribution < 1.29 is 9.90 Å². The zero-order chi connectivity index (χ0) is 12.9. The Morgan fingerprint density at radius 1 is 1.41 bits per heavy atom. The van der Waals surface area contributed by atoms with Crippen molar-refractivity contribution in [3.8, 4) is 0 Å². The summed E-state index contributed by atoms with van der Waals surface area (Å²) in [6.07, 6.45) is 0. The Labute approximate surface area is 107 Å². The number of hydrogen-bond donors (Lipinski definition) is 2. The van der Waals surface area contributed by atoms with Crippen molar-refractivity contribution in [2.45, 2.75) is 19.9 Å². The summed E-state index contributed by atoms with van der Waals surface area (Å²) in [5, 5.41) is 12.1. The molecule has 1 aromatic carbocycles.